The summed E-state index contributed by atoms with van der Waals surface area (Å²) in [7, 11) is 1.81. The van der Waals surface area contributed by atoms with Gasteiger partial charge >= 0.3 is 0 Å². The molecule has 2 aromatic rings. The van der Waals surface area contributed by atoms with Crippen LogP contribution in [0.3, 0.4) is 0 Å². The van der Waals surface area contributed by atoms with Crippen LogP contribution in [-0.4, -0.2) is 21.4 Å². The van der Waals surface area contributed by atoms with Gasteiger partial charge < -0.3 is 10.8 Å². The van der Waals surface area contributed by atoms with Crippen LogP contribution in [-0.2, 0) is 12.6 Å². The molecule has 4 nitrogen and oxygen atoms in total. The fourth-order valence-electron chi connectivity index (χ4n) is 1.83. The molecule has 0 saturated heterocycles. The van der Waals surface area contributed by atoms with Gasteiger partial charge in [-0.25, -0.2) is 0 Å². The lowest BCUT2D eigenvalue weighted by molar-refractivity contribution is 0.0581. The molecular formula is C13H17N3O. The average Bonchev–Trinajstić information content (AvgIpc) is 2.73. The zero-order chi connectivity index (χ0) is 12.5. The van der Waals surface area contributed by atoms with E-state index < -0.39 is 5.60 Å². The Morgan fingerprint density at radius 2 is 2.00 bits per heavy atom. The molecule has 0 aliphatic carbocycles. The van der Waals surface area contributed by atoms with E-state index in [-0.39, 0.29) is 6.54 Å². The van der Waals surface area contributed by atoms with Gasteiger partial charge in [-0.05, 0) is 13.0 Å². The third kappa shape index (κ3) is 2.23. The Hall–Kier alpha value is -1.65. The van der Waals surface area contributed by atoms with Crippen LogP contribution in [0.4, 0.5) is 0 Å². The van der Waals surface area contributed by atoms with E-state index in [1.54, 1.807) is 11.6 Å². The minimum Gasteiger partial charge on any atom is -0.383 e. The molecule has 0 fully saturated rings. The van der Waals surface area contributed by atoms with Crippen molar-refractivity contribution < 1.29 is 5.11 Å². The van der Waals surface area contributed by atoms with Crippen molar-refractivity contribution in [1.82, 2.24) is 9.78 Å². The van der Waals surface area contributed by atoms with Gasteiger partial charge in [0.1, 0.15) is 5.60 Å². The lowest BCUT2D eigenvalue weighted by Gasteiger charge is -2.20. The lowest BCUT2D eigenvalue weighted by atomic mass is 10.0. The molecule has 4 heteroatoms. The van der Waals surface area contributed by atoms with E-state index in [1.807, 2.05) is 43.4 Å². The van der Waals surface area contributed by atoms with Crippen molar-refractivity contribution in [3.05, 3.63) is 42.1 Å². The maximum Gasteiger partial charge on any atom is 0.115 e. The van der Waals surface area contributed by atoms with Crippen LogP contribution in [0.1, 0.15) is 12.6 Å². The first-order chi connectivity index (χ1) is 8.04. The molecular weight excluding hydrogens is 214 g/mol. The van der Waals surface area contributed by atoms with Gasteiger partial charge in [-0.15, -0.1) is 0 Å². The summed E-state index contributed by atoms with van der Waals surface area (Å²) >= 11 is 0. The third-order valence-electron chi connectivity index (χ3n) is 2.90. The zero-order valence-corrected chi connectivity index (χ0v) is 10.1. The quantitative estimate of drug-likeness (QED) is 0.835. The van der Waals surface area contributed by atoms with Crippen LogP contribution in [0.15, 0.2) is 36.4 Å². The number of hydrogen-bond donors (Lipinski definition) is 2. The van der Waals surface area contributed by atoms with Gasteiger partial charge in [0.2, 0.25) is 0 Å². The maximum absolute atomic E-state index is 10.1. The molecule has 1 unspecified atom stereocenters. The Morgan fingerprint density at radius 1 is 1.35 bits per heavy atom. The predicted octanol–water partition coefficient (Wildman–Crippen LogP) is 1.25. The van der Waals surface area contributed by atoms with E-state index >= 15 is 0 Å². The molecule has 17 heavy (non-hydrogen) atoms. The number of nitrogens with two attached hydrogens (primary N) is 1. The Labute approximate surface area is 101 Å². The van der Waals surface area contributed by atoms with Crippen molar-refractivity contribution >= 4 is 0 Å². The van der Waals surface area contributed by atoms with Crippen LogP contribution in [0.25, 0.3) is 11.3 Å². The Bertz CT molecular complexity index is 503. The Kier molecular flexibility index (Phi) is 3.00. The minimum atomic E-state index is -1.05. The first-order valence-electron chi connectivity index (χ1n) is 5.57. The monoisotopic (exact) mass is 231 g/mol. The fourth-order valence-corrected chi connectivity index (χ4v) is 1.83. The summed E-state index contributed by atoms with van der Waals surface area (Å²) in [4.78, 5) is 0. The number of nitrogens with zero attached hydrogens (tertiary/aromatic N) is 2. The van der Waals surface area contributed by atoms with Crippen molar-refractivity contribution in [3.63, 3.8) is 0 Å². The minimum absolute atomic E-state index is 0.167. The van der Waals surface area contributed by atoms with Crippen LogP contribution in [0.2, 0.25) is 0 Å². The molecule has 90 valence electrons. The number of aryl methyl sites for hydroxylation is 1. The molecule has 2 rings (SSSR count). The van der Waals surface area contributed by atoms with Crippen LogP contribution >= 0.6 is 0 Å². The number of benzene rings is 1. The summed E-state index contributed by atoms with van der Waals surface area (Å²) in [6.45, 7) is 1.86. The molecule has 0 saturated carbocycles. The highest BCUT2D eigenvalue weighted by Gasteiger charge is 2.25. The Balaban J connectivity index is 2.45. The molecule has 3 N–H and O–H groups in total. The standard InChI is InChI=1S/C13H17N3O/c1-13(17,9-14)12-8-11(15-16(12)2)10-6-4-3-5-7-10/h3-8,17H,9,14H2,1-2H3. The van der Waals surface area contributed by atoms with E-state index in [0.717, 1.165) is 17.0 Å². The average molecular weight is 231 g/mol. The molecule has 1 aromatic carbocycles. The third-order valence-corrected chi connectivity index (χ3v) is 2.90. The smallest absolute Gasteiger partial charge is 0.115 e. The topological polar surface area (TPSA) is 64.1 Å². The van der Waals surface area contributed by atoms with Gasteiger partial charge in [-0.2, -0.15) is 5.10 Å². The van der Waals surface area contributed by atoms with Crippen molar-refractivity contribution in [2.24, 2.45) is 12.8 Å². The highest BCUT2D eigenvalue weighted by Crippen LogP contribution is 2.24. The maximum atomic E-state index is 10.1. The first kappa shape index (κ1) is 11.8. The summed E-state index contributed by atoms with van der Waals surface area (Å²) < 4.78 is 1.68. The highest BCUT2D eigenvalue weighted by molar-refractivity contribution is 5.59. The molecule has 0 amide bonds. The summed E-state index contributed by atoms with van der Waals surface area (Å²) in [6, 6.07) is 11.7. The molecule has 1 atom stereocenters. The van der Waals surface area contributed by atoms with Crippen molar-refractivity contribution in [3.8, 4) is 11.3 Å². The van der Waals surface area contributed by atoms with E-state index in [1.165, 1.54) is 0 Å². The molecule has 0 radical (unpaired) electrons. The van der Waals surface area contributed by atoms with Crippen LogP contribution in [0.5, 0.6) is 0 Å². The predicted molar refractivity (Wildman–Crippen MR) is 67.3 cm³/mol. The second-order valence-corrected chi connectivity index (χ2v) is 4.38. The van der Waals surface area contributed by atoms with Gasteiger partial charge in [0.25, 0.3) is 0 Å². The molecule has 0 aliphatic rings. The van der Waals surface area contributed by atoms with E-state index in [4.69, 9.17) is 5.73 Å². The Morgan fingerprint density at radius 3 is 2.59 bits per heavy atom. The number of hydrogen-bond acceptors (Lipinski definition) is 3. The fraction of sp³-hybridized carbons (Fsp3) is 0.308. The normalized spacial score (nSPS) is 14.6. The molecule has 0 bridgehead atoms. The van der Waals surface area contributed by atoms with Crippen molar-refractivity contribution in [2.45, 2.75) is 12.5 Å². The summed E-state index contributed by atoms with van der Waals surface area (Å²) in [5.74, 6) is 0. The lowest BCUT2D eigenvalue weighted by Crippen LogP contribution is -2.33. The van der Waals surface area contributed by atoms with E-state index in [9.17, 15) is 5.11 Å². The van der Waals surface area contributed by atoms with Crippen molar-refractivity contribution in [2.75, 3.05) is 6.54 Å². The van der Waals surface area contributed by atoms with E-state index in [2.05, 4.69) is 5.10 Å². The second kappa shape index (κ2) is 4.31. The molecule has 0 spiro atoms. The second-order valence-electron chi connectivity index (χ2n) is 4.38. The zero-order valence-electron chi connectivity index (χ0n) is 10.1. The summed E-state index contributed by atoms with van der Waals surface area (Å²) in [6.07, 6.45) is 0. The number of aromatic nitrogens is 2. The molecule has 1 heterocycles. The van der Waals surface area contributed by atoms with E-state index in [0.29, 0.717) is 0 Å². The van der Waals surface area contributed by atoms with Crippen molar-refractivity contribution in [1.29, 1.82) is 0 Å². The molecule has 1 aromatic heterocycles. The summed E-state index contributed by atoms with van der Waals surface area (Å²) in [5.41, 5.74) is 7.11. The van der Waals surface area contributed by atoms with Gasteiger partial charge in [0, 0.05) is 19.2 Å². The highest BCUT2D eigenvalue weighted by atomic mass is 16.3. The van der Waals surface area contributed by atoms with Gasteiger partial charge in [-0.1, -0.05) is 30.3 Å². The number of aliphatic hydroxyl groups is 1. The molecule has 0 aliphatic heterocycles. The first-order valence-corrected chi connectivity index (χ1v) is 5.57. The number of rotatable bonds is 3. The summed E-state index contributed by atoms with van der Waals surface area (Å²) in [5, 5.41) is 14.5. The SMILES string of the molecule is Cn1nc(-c2ccccc2)cc1C(C)(O)CN. The van der Waals surface area contributed by atoms with Crippen LogP contribution in [0, 0.1) is 0 Å². The van der Waals surface area contributed by atoms with Gasteiger partial charge in [0.15, 0.2) is 0 Å². The van der Waals surface area contributed by atoms with Crippen LogP contribution < -0.4 is 5.73 Å². The largest absolute Gasteiger partial charge is 0.383 e. The van der Waals surface area contributed by atoms with Gasteiger partial charge in [-0.3, -0.25) is 4.68 Å². The van der Waals surface area contributed by atoms with Gasteiger partial charge in [0.05, 0.1) is 11.4 Å².